The van der Waals surface area contributed by atoms with E-state index in [9.17, 15) is 19.0 Å². The van der Waals surface area contributed by atoms with Gasteiger partial charge in [0.15, 0.2) is 0 Å². The second-order valence-electron chi connectivity index (χ2n) is 6.85. The molecule has 6 N–H and O–H groups in total. The molecule has 1 rings (SSSR count). The Bertz CT molecular complexity index is 772. The smallest absolute Gasteiger partial charge is 0.369 e. The maximum atomic E-state index is 11.9. The average molecular weight is 521 g/mol. The first-order valence-corrected chi connectivity index (χ1v) is 13.7. The van der Waals surface area contributed by atoms with Gasteiger partial charge in [-0.15, -0.1) is 23.2 Å². The predicted octanol–water partition coefficient (Wildman–Crippen LogP) is 1.80. The summed E-state index contributed by atoms with van der Waals surface area (Å²) in [7, 11) is -11.1. The van der Waals surface area contributed by atoms with Gasteiger partial charge in [-0.2, -0.15) is 0 Å². The van der Waals surface area contributed by atoms with Crippen LogP contribution in [0.25, 0.3) is 0 Å². The third kappa shape index (κ3) is 8.65. The Balaban J connectivity index is 2.49. The number of halogens is 2. The quantitative estimate of drug-likeness (QED) is 0.158. The molecule has 1 aromatic rings. The summed E-state index contributed by atoms with van der Waals surface area (Å²) in [6.07, 6.45) is 0.194. The molecule has 178 valence electrons. The third-order valence-electron chi connectivity index (χ3n) is 4.60. The van der Waals surface area contributed by atoms with Crippen LogP contribution < -0.4 is 10.2 Å². The number of rotatable bonds is 14. The van der Waals surface area contributed by atoms with Gasteiger partial charge in [-0.25, -0.2) is 0 Å². The van der Waals surface area contributed by atoms with E-state index in [1.165, 1.54) is 0 Å². The van der Waals surface area contributed by atoms with Crippen molar-refractivity contribution >= 4 is 50.0 Å². The zero-order valence-corrected chi connectivity index (χ0v) is 20.0. The van der Waals surface area contributed by atoms with Gasteiger partial charge in [0.1, 0.15) is 0 Å². The molecule has 0 aliphatic carbocycles. The standard InChI is InChI=1S/C17H28Cl2N2O8P2/c18-9-12-21(13-10-19)15-6-4-14(5-7-15)2-1-3-16(22)20-11-8-17(23,30(24,25)26)31(27,28)29/h4-7,23H,1-3,8-13H2,(H,20,22)(H2,24,25,26)(H2,27,28,29). The molecule has 0 aliphatic rings. The molecule has 0 heterocycles. The minimum atomic E-state index is -5.53. The van der Waals surface area contributed by atoms with Crippen LogP contribution in [0.3, 0.4) is 0 Å². The van der Waals surface area contributed by atoms with Crippen LogP contribution in [0.5, 0.6) is 0 Å². The molecule has 0 unspecified atom stereocenters. The highest BCUT2D eigenvalue weighted by molar-refractivity contribution is 7.72. The van der Waals surface area contributed by atoms with Crippen LogP contribution in [0.15, 0.2) is 24.3 Å². The molecular formula is C17H28Cl2N2O8P2. The minimum absolute atomic E-state index is 0.0939. The summed E-state index contributed by atoms with van der Waals surface area (Å²) < 4.78 is 22.5. The molecule has 14 heteroatoms. The van der Waals surface area contributed by atoms with E-state index in [0.717, 1.165) is 11.3 Å². The number of carbonyl (C=O) groups is 1. The van der Waals surface area contributed by atoms with Crippen LogP contribution in [-0.4, -0.2) is 67.1 Å². The lowest BCUT2D eigenvalue weighted by Crippen LogP contribution is -2.35. The molecule has 1 amide bonds. The number of benzene rings is 1. The lowest BCUT2D eigenvalue weighted by atomic mass is 10.1. The van der Waals surface area contributed by atoms with E-state index in [2.05, 4.69) is 10.2 Å². The number of alkyl halides is 2. The highest BCUT2D eigenvalue weighted by atomic mass is 35.5. The zero-order chi connectivity index (χ0) is 23.7. The van der Waals surface area contributed by atoms with Crippen molar-refractivity contribution in [1.29, 1.82) is 0 Å². The largest absolute Gasteiger partial charge is 0.369 e. The number of anilines is 1. The van der Waals surface area contributed by atoms with Crippen molar-refractivity contribution in [2.75, 3.05) is 36.3 Å². The lowest BCUT2D eigenvalue weighted by molar-refractivity contribution is -0.121. The summed E-state index contributed by atoms with van der Waals surface area (Å²) in [5.74, 6) is 0.492. The fourth-order valence-corrected chi connectivity index (χ4v) is 5.39. The average Bonchev–Trinajstić information content (AvgIpc) is 2.66. The van der Waals surface area contributed by atoms with Gasteiger partial charge in [0.2, 0.25) is 5.91 Å². The van der Waals surface area contributed by atoms with Crippen molar-refractivity contribution in [3.63, 3.8) is 0 Å². The maximum absolute atomic E-state index is 11.9. The molecule has 31 heavy (non-hydrogen) atoms. The summed E-state index contributed by atoms with van der Waals surface area (Å²) in [6.45, 7) is 0.844. The summed E-state index contributed by atoms with van der Waals surface area (Å²) >= 11 is 11.6. The highest BCUT2D eigenvalue weighted by Crippen LogP contribution is 2.68. The van der Waals surface area contributed by atoms with Crippen LogP contribution in [0.2, 0.25) is 0 Å². The highest BCUT2D eigenvalue weighted by Gasteiger charge is 2.58. The summed E-state index contributed by atoms with van der Waals surface area (Å²) in [5.41, 5.74) is 2.00. The molecule has 0 aliphatic heterocycles. The number of aryl methyl sites for hydroxylation is 1. The Morgan fingerprint density at radius 2 is 1.52 bits per heavy atom. The second-order valence-corrected chi connectivity index (χ2v) is 11.6. The van der Waals surface area contributed by atoms with Crippen molar-refractivity contribution < 1.29 is 38.6 Å². The molecule has 1 aromatic carbocycles. The van der Waals surface area contributed by atoms with Gasteiger partial charge in [-0.3, -0.25) is 13.9 Å². The molecule has 0 aromatic heterocycles. The third-order valence-corrected chi connectivity index (χ3v) is 8.81. The zero-order valence-electron chi connectivity index (χ0n) is 16.7. The molecule has 0 bridgehead atoms. The number of nitrogens with one attached hydrogen (secondary N) is 1. The topological polar surface area (TPSA) is 168 Å². The molecular weight excluding hydrogens is 493 g/mol. The summed E-state index contributed by atoms with van der Waals surface area (Å²) in [4.78, 5) is 50.2. The maximum Gasteiger partial charge on any atom is 0.369 e. The normalized spacial score (nSPS) is 12.6. The van der Waals surface area contributed by atoms with Gasteiger partial charge < -0.3 is 34.9 Å². The van der Waals surface area contributed by atoms with Crippen molar-refractivity contribution in [3.8, 4) is 0 Å². The Morgan fingerprint density at radius 1 is 1.00 bits per heavy atom. The van der Waals surface area contributed by atoms with Gasteiger partial charge in [0.25, 0.3) is 5.08 Å². The Morgan fingerprint density at radius 3 is 1.97 bits per heavy atom. The van der Waals surface area contributed by atoms with Crippen LogP contribution in [0, 0.1) is 0 Å². The van der Waals surface area contributed by atoms with E-state index < -0.39 is 39.1 Å². The van der Waals surface area contributed by atoms with E-state index in [-0.39, 0.29) is 6.42 Å². The van der Waals surface area contributed by atoms with Crippen molar-refractivity contribution in [1.82, 2.24) is 5.32 Å². The van der Waals surface area contributed by atoms with Crippen LogP contribution >= 0.6 is 38.4 Å². The van der Waals surface area contributed by atoms with Gasteiger partial charge in [0.05, 0.1) is 0 Å². The van der Waals surface area contributed by atoms with Crippen LogP contribution in [0.4, 0.5) is 5.69 Å². The second kappa shape index (κ2) is 12.5. The van der Waals surface area contributed by atoms with Crippen molar-refractivity contribution in [3.05, 3.63) is 29.8 Å². The lowest BCUT2D eigenvalue weighted by Gasteiger charge is -2.29. The first-order chi connectivity index (χ1) is 14.4. The Kier molecular flexibility index (Phi) is 11.5. The summed E-state index contributed by atoms with van der Waals surface area (Å²) in [6, 6.07) is 7.75. The minimum Gasteiger partial charge on any atom is -0.369 e. The van der Waals surface area contributed by atoms with Gasteiger partial charge >= 0.3 is 15.2 Å². The molecule has 0 spiro atoms. The number of hydrogen-bond donors (Lipinski definition) is 6. The Hall–Kier alpha value is -0.670. The van der Waals surface area contributed by atoms with Crippen LogP contribution in [-0.2, 0) is 20.3 Å². The summed E-state index contributed by atoms with van der Waals surface area (Å²) in [5, 5.41) is 8.53. The number of carbonyl (C=O) groups excluding carboxylic acids is 1. The van der Waals surface area contributed by atoms with Crippen LogP contribution in [0.1, 0.15) is 24.8 Å². The SMILES string of the molecule is O=C(CCCc1ccc(N(CCCl)CCCl)cc1)NCCC(O)(P(=O)(O)O)P(=O)(O)O. The van der Waals surface area contributed by atoms with E-state index in [1.54, 1.807) is 0 Å². The predicted molar refractivity (Wildman–Crippen MR) is 120 cm³/mol. The molecule has 0 saturated heterocycles. The molecule has 0 radical (unpaired) electrons. The van der Waals surface area contributed by atoms with E-state index in [4.69, 9.17) is 42.8 Å². The number of nitrogens with zero attached hydrogens (tertiary/aromatic N) is 1. The van der Waals surface area contributed by atoms with E-state index in [0.29, 0.717) is 37.7 Å². The van der Waals surface area contributed by atoms with Crippen molar-refractivity contribution in [2.24, 2.45) is 0 Å². The molecule has 0 saturated carbocycles. The fourth-order valence-electron chi connectivity index (χ4n) is 2.82. The molecule has 0 fully saturated rings. The number of amides is 1. The van der Waals surface area contributed by atoms with Crippen molar-refractivity contribution in [2.45, 2.75) is 30.8 Å². The van der Waals surface area contributed by atoms with Gasteiger partial charge in [-0.1, -0.05) is 12.1 Å². The Labute approximate surface area is 190 Å². The van der Waals surface area contributed by atoms with Gasteiger partial charge in [0, 0.05) is 49.9 Å². The van der Waals surface area contributed by atoms with E-state index >= 15 is 0 Å². The first kappa shape index (κ1) is 28.4. The van der Waals surface area contributed by atoms with Gasteiger partial charge in [-0.05, 0) is 30.5 Å². The number of aliphatic hydroxyl groups is 1. The number of hydrogen-bond acceptors (Lipinski definition) is 5. The monoisotopic (exact) mass is 520 g/mol. The molecule has 0 atom stereocenters. The first-order valence-electron chi connectivity index (χ1n) is 9.42. The van der Waals surface area contributed by atoms with E-state index in [1.807, 2.05) is 24.3 Å². The fraction of sp³-hybridized carbons (Fsp3) is 0.588. The molecule has 10 nitrogen and oxygen atoms in total.